The van der Waals surface area contributed by atoms with Crippen LogP contribution in [0, 0.1) is 0 Å². The highest BCUT2D eigenvalue weighted by Gasteiger charge is 2.25. The summed E-state index contributed by atoms with van der Waals surface area (Å²) in [7, 11) is 0. The lowest BCUT2D eigenvalue weighted by Crippen LogP contribution is -2.29. The number of nitrogens with one attached hydrogen (secondary N) is 1. The summed E-state index contributed by atoms with van der Waals surface area (Å²) in [6.07, 6.45) is 11.2. The molecule has 1 aliphatic heterocycles. The van der Waals surface area contributed by atoms with Gasteiger partial charge in [0.05, 0.1) is 29.1 Å². The van der Waals surface area contributed by atoms with Crippen molar-refractivity contribution in [2.24, 2.45) is 4.99 Å². The summed E-state index contributed by atoms with van der Waals surface area (Å²) in [4.78, 5) is 21.4. The highest BCUT2D eigenvalue weighted by molar-refractivity contribution is 9.10. The maximum Gasteiger partial charge on any atom is 0.255 e. The molecule has 1 aliphatic carbocycles. The largest absolute Gasteiger partial charge is 0.467 e. The summed E-state index contributed by atoms with van der Waals surface area (Å²) in [6, 6.07) is 5.64. The third kappa shape index (κ3) is 4.57. The number of hydrogen-bond acceptors (Lipinski definition) is 6. The molecule has 8 heteroatoms. The molecule has 32 heavy (non-hydrogen) atoms. The molecule has 1 amide bonds. The van der Waals surface area contributed by atoms with Gasteiger partial charge in [-0.25, -0.2) is 4.99 Å². The number of hydrogen-bond donors (Lipinski definition) is 1. The molecule has 5 rings (SSSR count). The van der Waals surface area contributed by atoms with Gasteiger partial charge >= 0.3 is 0 Å². The van der Waals surface area contributed by atoms with Crippen molar-refractivity contribution >= 4 is 50.3 Å². The Hall–Kier alpha value is -2.32. The number of rotatable bonds is 6. The molecule has 3 aromatic rings. The fourth-order valence-corrected chi connectivity index (χ4v) is 6.21. The van der Waals surface area contributed by atoms with Gasteiger partial charge in [-0.2, -0.15) is 0 Å². The lowest BCUT2D eigenvalue weighted by Gasteiger charge is -2.26. The molecule has 0 saturated carbocycles. The van der Waals surface area contributed by atoms with E-state index >= 15 is 0 Å². The predicted octanol–water partition coefficient (Wildman–Crippen LogP) is 6.25. The monoisotopic (exact) mass is 515 g/mol. The first kappa shape index (κ1) is 21.5. The normalized spacial score (nSPS) is 16.5. The standard InChI is InChI=1S/C24H26BrN3O3S/c25-19-13-17(31-24(19)28-10-4-1-5-11-28)15-27-23-21(18-8-2-3-9-20(18)32-23)22(29)26-14-16-7-6-12-30-16/h6-7,12-13,15H,1-5,8-11,14H2,(H,26,29). The number of anilines is 1. The Morgan fingerprint density at radius 1 is 1.22 bits per heavy atom. The van der Waals surface area contributed by atoms with Gasteiger partial charge in [-0.05, 0) is 78.6 Å². The molecule has 1 fully saturated rings. The first-order valence-corrected chi connectivity index (χ1v) is 12.8. The first-order chi connectivity index (χ1) is 15.7. The number of fused-ring (bicyclic) bond motifs is 1. The highest BCUT2D eigenvalue weighted by Crippen LogP contribution is 2.40. The van der Waals surface area contributed by atoms with Gasteiger partial charge in [-0.15, -0.1) is 11.3 Å². The Labute approximate surface area is 199 Å². The van der Waals surface area contributed by atoms with Crippen molar-refractivity contribution in [1.82, 2.24) is 5.32 Å². The Balaban J connectivity index is 1.39. The summed E-state index contributed by atoms with van der Waals surface area (Å²) < 4.78 is 12.4. The molecular weight excluding hydrogens is 490 g/mol. The Morgan fingerprint density at radius 3 is 2.88 bits per heavy atom. The van der Waals surface area contributed by atoms with Crippen LogP contribution in [0.1, 0.15) is 64.4 Å². The van der Waals surface area contributed by atoms with E-state index in [1.54, 1.807) is 23.8 Å². The maximum atomic E-state index is 13.1. The van der Waals surface area contributed by atoms with Gasteiger partial charge < -0.3 is 19.1 Å². The average Bonchev–Trinajstić information content (AvgIpc) is 3.55. The number of aliphatic imine (C=N–C) groups is 1. The minimum absolute atomic E-state index is 0.0948. The van der Waals surface area contributed by atoms with E-state index < -0.39 is 0 Å². The SMILES string of the molecule is O=C(NCc1ccco1)c1c(N=Cc2cc(Br)c(N3CCCCC3)o2)sc2c1CCCC2. The van der Waals surface area contributed by atoms with Crippen LogP contribution < -0.4 is 10.2 Å². The van der Waals surface area contributed by atoms with Crippen LogP contribution in [-0.2, 0) is 19.4 Å². The number of carbonyl (C=O) groups is 1. The molecule has 4 heterocycles. The van der Waals surface area contributed by atoms with Gasteiger partial charge in [-0.3, -0.25) is 4.79 Å². The first-order valence-electron chi connectivity index (χ1n) is 11.2. The van der Waals surface area contributed by atoms with Gasteiger partial charge in [0.25, 0.3) is 5.91 Å². The molecule has 168 valence electrons. The maximum absolute atomic E-state index is 13.1. The lowest BCUT2D eigenvalue weighted by atomic mass is 9.95. The number of amides is 1. The zero-order valence-corrected chi connectivity index (χ0v) is 20.3. The smallest absolute Gasteiger partial charge is 0.255 e. The van der Waals surface area contributed by atoms with Crippen molar-refractivity contribution in [3.8, 4) is 0 Å². The number of halogens is 1. The minimum atomic E-state index is -0.0948. The summed E-state index contributed by atoms with van der Waals surface area (Å²) >= 11 is 5.26. The third-order valence-corrected chi connectivity index (χ3v) is 7.79. The number of nitrogens with zero attached hydrogens (tertiary/aromatic N) is 2. The van der Waals surface area contributed by atoms with E-state index in [-0.39, 0.29) is 5.91 Å². The topological polar surface area (TPSA) is 71.0 Å². The van der Waals surface area contributed by atoms with Crippen LogP contribution in [0.3, 0.4) is 0 Å². The second kappa shape index (κ2) is 9.67. The van der Waals surface area contributed by atoms with Gasteiger partial charge in [0, 0.05) is 24.0 Å². The van der Waals surface area contributed by atoms with Crippen LogP contribution in [0.2, 0.25) is 0 Å². The van der Waals surface area contributed by atoms with E-state index in [1.807, 2.05) is 18.2 Å². The molecular formula is C24H26BrN3O3S. The zero-order valence-electron chi connectivity index (χ0n) is 17.9. The van der Waals surface area contributed by atoms with E-state index in [1.165, 1.54) is 24.1 Å². The minimum Gasteiger partial charge on any atom is -0.467 e. The van der Waals surface area contributed by atoms with E-state index in [9.17, 15) is 4.79 Å². The van der Waals surface area contributed by atoms with Crippen LogP contribution in [0.5, 0.6) is 0 Å². The van der Waals surface area contributed by atoms with Crippen LogP contribution in [-0.4, -0.2) is 25.2 Å². The van der Waals surface area contributed by atoms with E-state index in [4.69, 9.17) is 13.8 Å². The Kier molecular flexibility index (Phi) is 6.50. The summed E-state index contributed by atoms with van der Waals surface area (Å²) in [5.74, 6) is 2.19. The lowest BCUT2D eigenvalue weighted by molar-refractivity contribution is 0.0948. The molecule has 0 unspecified atom stereocenters. The highest BCUT2D eigenvalue weighted by atomic mass is 79.9. The Bertz CT molecular complexity index is 1110. The number of furan rings is 2. The van der Waals surface area contributed by atoms with E-state index in [0.717, 1.165) is 65.5 Å². The Morgan fingerprint density at radius 2 is 2.06 bits per heavy atom. The van der Waals surface area contributed by atoms with Crippen LogP contribution in [0.15, 0.2) is 42.8 Å². The zero-order chi connectivity index (χ0) is 21.9. The van der Waals surface area contributed by atoms with Crippen molar-refractivity contribution in [2.45, 2.75) is 51.5 Å². The van der Waals surface area contributed by atoms with Gasteiger partial charge in [0.15, 0.2) is 0 Å². The molecule has 0 bridgehead atoms. The van der Waals surface area contributed by atoms with Crippen molar-refractivity contribution in [2.75, 3.05) is 18.0 Å². The molecule has 0 aromatic carbocycles. The number of piperidine rings is 1. The van der Waals surface area contributed by atoms with E-state index in [2.05, 4.69) is 26.1 Å². The number of carbonyl (C=O) groups excluding carboxylic acids is 1. The van der Waals surface area contributed by atoms with Crippen LogP contribution in [0.25, 0.3) is 0 Å². The quantitative estimate of drug-likeness (QED) is 0.394. The summed E-state index contributed by atoms with van der Waals surface area (Å²) in [5, 5.41) is 3.75. The molecule has 6 nitrogen and oxygen atoms in total. The second-order valence-electron chi connectivity index (χ2n) is 8.26. The average molecular weight is 516 g/mol. The summed E-state index contributed by atoms with van der Waals surface area (Å²) in [6.45, 7) is 2.39. The fraction of sp³-hybridized carbons (Fsp3) is 0.417. The van der Waals surface area contributed by atoms with Crippen LogP contribution >= 0.6 is 27.3 Å². The van der Waals surface area contributed by atoms with Crippen molar-refractivity contribution in [1.29, 1.82) is 0 Å². The van der Waals surface area contributed by atoms with Crippen LogP contribution in [0.4, 0.5) is 10.9 Å². The van der Waals surface area contributed by atoms with Crippen molar-refractivity contribution in [3.05, 3.63) is 56.5 Å². The van der Waals surface area contributed by atoms with Gasteiger partial charge in [0.2, 0.25) is 5.88 Å². The van der Waals surface area contributed by atoms with Crippen molar-refractivity contribution < 1.29 is 13.6 Å². The molecule has 1 N–H and O–H groups in total. The fourth-order valence-electron chi connectivity index (χ4n) is 4.42. The second-order valence-corrected chi connectivity index (χ2v) is 10.2. The molecule has 0 spiro atoms. The molecule has 0 radical (unpaired) electrons. The number of aryl methyl sites for hydroxylation is 1. The summed E-state index contributed by atoms with van der Waals surface area (Å²) in [5.41, 5.74) is 1.86. The van der Waals surface area contributed by atoms with E-state index in [0.29, 0.717) is 17.9 Å². The predicted molar refractivity (Wildman–Crippen MR) is 131 cm³/mol. The molecule has 3 aromatic heterocycles. The van der Waals surface area contributed by atoms with Crippen molar-refractivity contribution in [3.63, 3.8) is 0 Å². The third-order valence-electron chi connectivity index (χ3n) is 6.02. The molecule has 0 atom stereocenters. The van der Waals surface area contributed by atoms with Gasteiger partial charge in [-0.1, -0.05) is 0 Å². The van der Waals surface area contributed by atoms with Gasteiger partial charge in [0.1, 0.15) is 16.5 Å². The molecule has 1 saturated heterocycles. The number of thiophene rings is 1. The molecule has 2 aliphatic rings.